The summed E-state index contributed by atoms with van der Waals surface area (Å²) in [6.07, 6.45) is 2.92. The first-order valence-corrected chi connectivity index (χ1v) is 10.8. The van der Waals surface area contributed by atoms with Crippen LogP contribution in [0.1, 0.15) is 69.8 Å². The van der Waals surface area contributed by atoms with Crippen LogP contribution in [0.5, 0.6) is 5.75 Å². The van der Waals surface area contributed by atoms with Gasteiger partial charge in [0.1, 0.15) is 0 Å². The number of nitrogens with zero attached hydrogens (tertiary/aromatic N) is 3. The molecule has 30 heavy (non-hydrogen) atoms. The predicted octanol–water partition coefficient (Wildman–Crippen LogP) is 3.98. The predicted molar refractivity (Wildman–Crippen MR) is 114 cm³/mol. The maximum Gasteiger partial charge on any atom is 0.228 e. The monoisotopic (exact) mass is 417 g/mol. The number of rotatable bonds is 10. The van der Waals surface area contributed by atoms with Crippen molar-refractivity contribution in [2.24, 2.45) is 10.9 Å². The van der Waals surface area contributed by atoms with Gasteiger partial charge in [-0.15, -0.1) is 0 Å². The van der Waals surface area contributed by atoms with Crippen molar-refractivity contribution in [3.63, 3.8) is 0 Å². The quantitative estimate of drug-likeness (QED) is 0.449. The summed E-state index contributed by atoms with van der Waals surface area (Å²) in [5.74, 6) is 2.75. The molecule has 0 bridgehead atoms. The maximum absolute atomic E-state index is 14.4. The molecule has 164 valence electrons. The number of halogens is 1. The van der Waals surface area contributed by atoms with Crippen LogP contribution >= 0.6 is 0 Å². The van der Waals surface area contributed by atoms with Crippen LogP contribution < -0.4 is 15.4 Å². The molecule has 0 aliphatic heterocycles. The topological polar surface area (TPSA) is 84.6 Å². The molecule has 3 rings (SSSR count). The smallest absolute Gasteiger partial charge is 0.228 e. The first-order valence-electron chi connectivity index (χ1n) is 10.8. The van der Waals surface area contributed by atoms with Crippen LogP contribution in [-0.4, -0.2) is 35.8 Å². The van der Waals surface area contributed by atoms with Gasteiger partial charge in [0, 0.05) is 18.9 Å². The molecular weight excluding hydrogens is 385 g/mol. The van der Waals surface area contributed by atoms with Gasteiger partial charge in [-0.3, -0.25) is 4.99 Å². The Labute approximate surface area is 177 Å². The van der Waals surface area contributed by atoms with Gasteiger partial charge in [0.15, 0.2) is 23.4 Å². The van der Waals surface area contributed by atoms with Gasteiger partial charge in [0.2, 0.25) is 5.89 Å². The minimum Gasteiger partial charge on any atom is -0.490 e. The number of aromatic nitrogens is 2. The number of ether oxygens (including phenoxy) is 1. The van der Waals surface area contributed by atoms with Gasteiger partial charge < -0.3 is 19.9 Å². The zero-order valence-corrected chi connectivity index (χ0v) is 18.2. The highest BCUT2D eigenvalue weighted by Crippen LogP contribution is 2.30. The first kappa shape index (κ1) is 22.1. The van der Waals surface area contributed by atoms with Crippen molar-refractivity contribution in [3.8, 4) is 5.75 Å². The van der Waals surface area contributed by atoms with Gasteiger partial charge in [-0.25, -0.2) is 4.39 Å². The van der Waals surface area contributed by atoms with Crippen LogP contribution in [0.15, 0.2) is 27.7 Å². The average molecular weight is 418 g/mol. The molecule has 1 fully saturated rings. The normalized spacial score (nSPS) is 15.3. The summed E-state index contributed by atoms with van der Waals surface area (Å²) < 4.78 is 25.2. The second-order valence-corrected chi connectivity index (χ2v) is 8.02. The summed E-state index contributed by atoms with van der Waals surface area (Å²) in [7, 11) is 0. The Bertz CT molecular complexity index is 848. The summed E-state index contributed by atoms with van der Waals surface area (Å²) in [5, 5.41) is 10.5. The molecule has 0 saturated heterocycles. The third kappa shape index (κ3) is 6.43. The second-order valence-electron chi connectivity index (χ2n) is 8.02. The SMILES string of the molecule is CCNC(=NCCc1nc(C(C)C)no1)NC(C)c1ccc(OCC2CC2)c(F)c1. The molecule has 1 aromatic carbocycles. The number of nitrogens with one attached hydrogen (secondary N) is 2. The van der Waals surface area contributed by atoms with E-state index in [0.717, 1.165) is 12.1 Å². The number of guanidine groups is 1. The number of hydrogen-bond acceptors (Lipinski definition) is 5. The number of benzene rings is 1. The van der Waals surface area contributed by atoms with E-state index in [1.54, 1.807) is 6.07 Å². The van der Waals surface area contributed by atoms with Crippen molar-refractivity contribution < 1.29 is 13.7 Å². The summed E-state index contributed by atoms with van der Waals surface area (Å²) in [6, 6.07) is 5.00. The van der Waals surface area contributed by atoms with E-state index in [0.29, 0.717) is 48.9 Å². The third-order valence-corrected chi connectivity index (χ3v) is 4.92. The zero-order valence-electron chi connectivity index (χ0n) is 18.2. The Kier molecular flexibility index (Phi) is 7.65. The van der Waals surface area contributed by atoms with Gasteiger partial charge >= 0.3 is 0 Å². The van der Waals surface area contributed by atoms with Crippen LogP contribution in [0.4, 0.5) is 4.39 Å². The van der Waals surface area contributed by atoms with Gasteiger partial charge in [-0.1, -0.05) is 25.1 Å². The van der Waals surface area contributed by atoms with Crippen molar-refractivity contribution >= 4 is 5.96 Å². The summed E-state index contributed by atoms with van der Waals surface area (Å²) >= 11 is 0. The van der Waals surface area contributed by atoms with Gasteiger partial charge in [-0.05, 0) is 50.3 Å². The first-order chi connectivity index (χ1) is 14.5. The lowest BCUT2D eigenvalue weighted by Crippen LogP contribution is -2.38. The third-order valence-electron chi connectivity index (χ3n) is 4.92. The van der Waals surface area contributed by atoms with E-state index in [9.17, 15) is 4.39 Å². The van der Waals surface area contributed by atoms with Gasteiger partial charge in [0.25, 0.3) is 0 Å². The molecule has 7 nitrogen and oxygen atoms in total. The lowest BCUT2D eigenvalue weighted by Gasteiger charge is -2.19. The van der Waals surface area contributed by atoms with Crippen LogP contribution in [0.3, 0.4) is 0 Å². The van der Waals surface area contributed by atoms with Crippen LogP contribution in [0.2, 0.25) is 0 Å². The van der Waals surface area contributed by atoms with Crippen molar-refractivity contribution in [2.75, 3.05) is 19.7 Å². The Balaban J connectivity index is 1.55. The molecule has 2 N–H and O–H groups in total. The second kappa shape index (κ2) is 10.4. The molecule has 1 unspecified atom stereocenters. The summed E-state index contributed by atoms with van der Waals surface area (Å²) in [4.78, 5) is 8.94. The lowest BCUT2D eigenvalue weighted by molar-refractivity contribution is 0.285. The van der Waals surface area contributed by atoms with E-state index < -0.39 is 0 Å². The van der Waals surface area contributed by atoms with Gasteiger partial charge in [-0.2, -0.15) is 4.98 Å². The van der Waals surface area contributed by atoms with Crippen molar-refractivity contribution in [3.05, 3.63) is 41.3 Å². The summed E-state index contributed by atoms with van der Waals surface area (Å²) in [6.45, 7) is 9.84. The maximum atomic E-state index is 14.4. The fourth-order valence-electron chi connectivity index (χ4n) is 2.87. The van der Waals surface area contributed by atoms with E-state index in [4.69, 9.17) is 9.26 Å². The van der Waals surface area contributed by atoms with E-state index >= 15 is 0 Å². The molecule has 0 radical (unpaired) electrons. The Morgan fingerprint density at radius 1 is 1.33 bits per heavy atom. The van der Waals surface area contributed by atoms with Crippen molar-refractivity contribution in [1.29, 1.82) is 0 Å². The number of hydrogen-bond donors (Lipinski definition) is 2. The molecule has 1 aliphatic rings. The van der Waals surface area contributed by atoms with E-state index in [1.807, 2.05) is 33.8 Å². The van der Waals surface area contributed by atoms with Crippen LogP contribution in [-0.2, 0) is 6.42 Å². The standard InChI is InChI=1S/C22H32FN5O2/c1-5-24-22(25-11-10-20-27-21(14(2)3)28-30-20)26-15(4)17-8-9-19(18(23)12-17)29-13-16-6-7-16/h8-9,12,14-16H,5-7,10-11,13H2,1-4H3,(H2,24,25,26). The Morgan fingerprint density at radius 2 is 2.13 bits per heavy atom. The molecule has 1 saturated carbocycles. The highest BCUT2D eigenvalue weighted by atomic mass is 19.1. The van der Waals surface area contributed by atoms with Crippen LogP contribution in [0.25, 0.3) is 0 Å². The molecule has 1 atom stereocenters. The molecule has 1 aromatic heterocycles. The molecule has 2 aromatic rings. The minimum absolute atomic E-state index is 0.120. The molecule has 1 aliphatic carbocycles. The molecular formula is C22H32FN5O2. The largest absolute Gasteiger partial charge is 0.490 e. The van der Waals surface area contributed by atoms with Crippen molar-refractivity contribution in [1.82, 2.24) is 20.8 Å². The molecule has 0 spiro atoms. The fraction of sp³-hybridized carbons (Fsp3) is 0.591. The minimum atomic E-state index is -0.332. The molecule has 0 amide bonds. The highest BCUT2D eigenvalue weighted by molar-refractivity contribution is 5.80. The Hall–Kier alpha value is -2.64. The zero-order chi connectivity index (χ0) is 21.5. The molecule has 8 heteroatoms. The highest BCUT2D eigenvalue weighted by Gasteiger charge is 2.22. The number of aliphatic imine (C=N–C) groups is 1. The van der Waals surface area contributed by atoms with Crippen molar-refractivity contribution in [2.45, 2.75) is 58.9 Å². The van der Waals surface area contributed by atoms with Gasteiger partial charge in [0.05, 0.1) is 19.2 Å². The lowest BCUT2D eigenvalue weighted by atomic mass is 10.1. The summed E-state index contributed by atoms with van der Waals surface area (Å²) in [5.41, 5.74) is 0.829. The Morgan fingerprint density at radius 3 is 2.77 bits per heavy atom. The van der Waals surface area contributed by atoms with Crippen LogP contribution in [0, 0.1) is 11.7 Å². The fourth-order valence-corrected chi connectivity index (χ4v) is 2.87. The van der Waals surface area contributed by atoms with E-state index in [-0.39, 0.29) is 17.8 Å². The van der Waals surface area contributed by atoms with E-state index in [2.05, 4.69) is 25.8 Å². The average Bonchev–Trinajstić information content (AvgIpc) is 3.42. The molecule has 1 heterocycles. The van der Waals surface area contributed by atoms with E-state index in [1.165, 1.54) is 18.9 Å².